The summed E-state index contributed by atoms with van der Waals surface area (Å²) in [4.78, 5) is 53.5. The zero-order valence-corrected chi connectivity index (χ0v) is 20.0. The average Bonchev–Trinajstić information content (AvgIpc) is 2.48. The van der Waals surface area contributed by atoms with Gasteiger partial charge >= 0.3 is 19.4 Å². The highest BCUT2D eigenvalue weighted by atomic mass is 32.5. The first kappa shape index (κ1) is 34.3. The van der Waals surface area contributed by atoms with Crippen molar-refractivity contribution in [2.45, 2.75) is 48.5 Å². The summed E-state index contributed by atoms with van der Waals surface area (Å²) in [7, 11) is 0. The number of rotatable bonds is 4. The van der Waals surface area contributed by atoms with Gasteiger partial charge in [0.15, 0.2) is 0 Å². The lowest BCUT2D eigenvalue weighted by atomic mass is 10.4. The number of hydrogen-bond donors (Lipinski definition) is 6. The first-order chi connectivity index (χ1) is 12.3. The predicted molar refractivity (Wildman–Crippen MR) is 114 cm³/mol. The summed E-state index contributed by atoms with van der Waals surface area (Å²) in [6, 6.07) is 2.16. The molecule has 0 unspecified atom stereocenters. The van der Waals surface area contributed by atoms with Crippen LogP contribution in [0, 0.1) is 6.92 Å². The molecule has 27 heavy (non-hydrogen) atoms. The summed E-state index contributed by atoms with van der Waals surface area (Å²) < 4.78 is 10.4. The fraction of sp³-hybridized carbons (Fsp3) is 0.692. The Kier molecular flexibility index (Phi) is 26.0. The van der Waals surface area contributed by atoms with Crippen LogP contribution in [-0.2, 0) is 23.6 Å². The Balaban J connectivity index is -0.000000158. The van der Waals surface area contributed by atoms with Crippen LogP contribution in [0.2, 0.25) is 0 Å². The summed E-state index contributed by atoms with van der Waals surface area (Å²) in [5, 5.41) is 0. The first-order valence-corrected chi connectivity index (χ1v) is 13.3. The maximum atomic E-state index is 7.56. The summed E-state index contributed by atoms with van der Waals surface area (Å²) in [5.74, 6) is 0.568. The molecule has 0 radical (unpaired) electrons. The van der Waals surface area contributed by atoms with Crippen molar-refractivity contribution in [1.29, 1.82) is 0 Å². The molecule has 0 aliphatic carbocycles. The Bertz CT molecular complexity index is 494. The summed E-state index contributed by atoms with van der Waals surface area (Å²) in [6.45, 7) is 7.24. The largest absolute Gasteiger partial charge is 0.478 e. The molecule has 1 aromatic rings. The van der Waals surface area contributed by atoms with E-state index in [-0.39, 0.29) is 0 Å². The van der Waals surface area contributed by atoms with E-state index in [9.17, 15) is 0 Å². The van der Waals surface area contributed by atoms with Crippen LogP contribution >= 0.6 is 13.4 Å². The summed E-state index contributed by atoms with van der Waals surface area (Å²) in [5.41, 5.74) is 0.849. The highest BCUT2D eigenvalue weighted by Gasteiger charge is 2.02. The molecular formula is C13H32N2O8P2S2. The maximum absolute atomic E-state index is 7.56. The van der Waals surface area contributed by atoms with Crippen LogP contribution in [0.4, 0.5) is 0 Å². The fourth-order valence-corrected chi connectivity index (χ4v) is 0.929. The minimum Gasteiger partial charge on any atom is -0.478 e. The monoisotopic (exact) mass is 470 g/mol. The van der Waals surface area contributed by atoms with Gasteiger partial charge in [-0.1, -0.05) is 27.7 Å². The van der Waals surface area contributed by atoms with E-state index in [4.69, 9.17) is 38.8 Å². The topological polar surface area (TPSA) is 166 Å². The molecule has 14 heteroatoms. The third-order valence-corrected chi connectivity index (χ3v) is 1.38. The molecule has 0 aliphatic rings. The molecule has 6 N–H and O–H groups in total. The number of nitrogens with zero attached hydrogens (tertiary/aromatic N) is 2. The van der Waals surface area contributed by atoms with Gasteiger partial charge in [0.1, 0.15) is 0 Å². The third kappa shape index (κ3) is 46.1. The zero-order valence-electron chi connectivity index (χ0n) is 16.6. The second kappa shape index (κ2) is 20.5. The quantitative estimate of drug-likeness (QED) is 0.355. The lowest BCUT2D eigenvalue weighted by Gasteiger charge is -2.05. The van der Waals surface area contributed by atoms with Crippen LogP contribution in [-0.4, -0.2) is 52.5 Å². The lowest BCUT2D eigenvalue weighted by Crippen LogP contribution is -2.02. The van der Waals surface area contributed by atoms with Crippen LogP contribution in [0.25, 0.3) is 0 Å². The van der Waals surface area contributed by atoms with Gasteiger partial charge in [-0.25, -0.2) is 4.98 Å². The number of hydrogen-bond acceptors (Lipinski definition) is 6. The molecule has 164 valence electrons. The van der Waals surface area contributed by atoms with Crippen LogP contribution in [0.5, 0.6) is 11.9 Å². The Morgan fingerprint density at radius 1 is 0.815 bits per heavy atom. The molecule has 1 rings (SSSR count). The molecule has 0 aromatic carbocycles. The molecule has 0 atom stereocenters. The SMILES string of the molecule is CC.CC.CCOc1cc(C)nc(OCC)n1.OP(O)(O)=S.OP(O)(O)=S. The minimum absolute atomic E-state index is 0.381. The van der Waals surface area contributed by atoms with Gasteiger partial charge in [0.2, 0.25) is 5.88 Å². The second-order valence-corrected chi connectivity index (χ2v) is 8.52. The molecule has 0 aliphatic heterocycles. The lowest BCUT2D eigenvalue weighted by molar-refractivity contribution is 0.288. The third-order valence-electron chi connectivity index (χ3n) is 1.38. The van der Waals surface area contributed by atoms with Crippen molar-refractivity contribution in [3.8, 4) is 11.9 Å². The van der Waals surface area contributed by atoms with Gasteiger partial charge < -0.3 is 38.8 Å². The van der Waals surface area contributed by atoms with Crippen molar-refractivity contribution < 1.29 is 38.8 Å². The predicted octanol–water partition coefficient (Wildman–Crippen LogP) is 2.01. The Hall–Kier alpha value is -0.260. The first-order valence-electron chi connectivity index (χ1n) is 7.94. The molecule has 1 aromatic heterocycles. The van der Waals surface area contributed by atoms with E-state index in [2.05, 4.69) is 33.6 Å². The highest BCUT2D eigenvalue weighted by molar-refractivity contribution is 8.06. The standard InChI is InChI=1S/C9H14N2O2.2C2H6.2H3O3PS/c1-4-12-8-6-7(3)10-9(11-8)13-5-2;2*1-2;2*1-4(2,3)5/h6H,4-5H2,1-3H3;2*1-2H3;2*(H3,1,2,3,5). The van der Waals surface area contributed by atoms with Crippen LogP contribution in [0.15, 0.2) is 6.07 Å². The van der Waals surface area contributed by atoms with Gasteiger partial charge in [-0.3, -0.25) is 0 Å². The van der Waals surface area contributed by atoms with Gasteiger partial charge in [0.05, 0.1) is 13.2 Å². The van der Waals surface area contributed by atoms with E-state index in [0.717, 1.165) is 5.69 Å². The molecule has 0 saturated heterocycles. The summed E-state index contributed by atoms with van der Waals surface area (Å²) in [6.07, 6.45) is 0. The smallest absolute Gasteiger partial charge is 0.319 e. The number of aromatic nitrogens is 2. The average molecular weight is 470 g/mol. The van der Waals surface area contributed by atoms with Crippen LogP contribution in [0.3, 0.4) is 0 Å². The van der Waals surface area contributed by atoms with E-state index in [1.807, 2.05) is 48.5 Å². The Labute approximate surface area is 171 Å². The van der Waals surface area contributed by atoms with Gasteiger partial charge in [-0.2, -0.15) is 4.98 Å². The Morgan fingerprint density at radius 2 is 1.15 bits per heavy atom. The van der Waals surface area contributed by atoms with Gasteiger partial charge in [-0.05, 0) is 44.4 Å². The fourth-order valence-electron chi connectivity index (χ4n) is 0.929. The van der Waals surface area contributed by atoms with E-state index < -0.39 is 13.4 Å². The minimum atomic E-state index is -3.81. The molecular weight excluding hydrogens is 438 g/mol. The van der Waals surface area contributed by atoms with Crippen molar-refractivity contribution >= 4 is 37.1 Å². The zero-order chi connectivity index (χ0) is 22.7. The number of aryl methyl sites for hydroxylation is 1. The Morgan fingerprint density at radius 3 is 1.44 bits per heavy atom. The van der Waals surface area contributed by atoms with E-state index in [1.54, 1.807) is 6.07 Å². The van der Waals surface area contributed by atoms with Gasteiger partial charge in [-0.15, -0.1) is 0 Å². The van der Waals surface area contributed by atoms with E-state index in [1.165, 1.54) is 0 Å². The van der Waals surface area contributed by atoms with Crippen LogP contribution in [0.1, 0.15) is 47.2 Å². The summed E-state index contributed by atoms with van der Waals surface area (Å²) >= 11 is 7.21. The maximum Gasteiger partial charge on any atom is 0.319 e. The van der Waals surface area contributed by atoms with Crippen molar-refractivity contribution in [2.24, 2.45) is 0 Å². The van der Waals surface area contributed by atoms with Gasteiger partial charge in [0.25, 0.3) is 0 Å². The van der Waals surface area contributed by atoms with E-state index >= 15 is 0 Å². The van der Waals surface area contributed by atoms with Crippen molar-refractivity contribution in [2.75, 3.05) is 13.2 Å². The second-order valence-electron chi connectivity index (χ2n) is 3.52. The van der Waals surface area contributed by atoms with E-state index in [0.29, 0.717) is 25.1 Å². The van der Waals surface area contributed by atoms with Crippen molar-refractivity contribution in [3.05, 3.63) is 11.8 Å². The van der Waals surface area contributed by atoms with Crippen molar-refractivity contribution in [3.63, 3.8) is 0 Å². The van der Waals surface area contributed by atoms with Crippen LogP contribution < -0.4 is 9.47 Å². The molecule has 0 amide bonds. The molecule has 0 saturated carbocycles. The highest BCUT2D eigenvalue weighted by Crippen LogP contribution is 2.27. The molecule has 0 bridgehead atoms. The molecule has 0 fully saturated rings. The molecule has 0 spiro atoms. The van der Waals surface area contributed by atoms with Gasteiger partial charge in [0, 0.05) is 11.8 Å². The van der Waals surface area contributed by atoms with Crippen molar-refractivity contribution in [1.82, 2.24) is 9.97 Å². The molecule has 10 nitrogen and oxygen atoms in total. The molecule has 1 heterocycles. The normalized spacial score (nSPS) is 9.52. The number of ether oxygens (including phenoxy) is 2.